The van der Waals surface area contributed by atoms with Crippen LogP contribution in [0.3, 0.4) is 0 Å². The third-order valence-corrected chi connectivity index (χ3v) is 7.16. The van der Waals surface area contributed by atoms with Crippen molar-refractivity contribution in [1.29, 1.82) is 42.1 Å². The van der Waals surface area contributed by atoms with Gasteiger partial charge in [0.05, 0.1) is 22.3 Å². The SMILES string of the molecule is N#CC(C#N)=C1C(c2ccc(F)cc2)=C(C#N)c2c(C#N)c3c(c(C#N)c21)C(=C(C#N)C#N)C(c1ccc(F)cc1)=C3C#N. The molecule has 0 unspecified atom stereocenters. The third kappa shape index (κ3) is 3.81. The molecule has 0 fully saturated rings. The molecule has 3 aromatic rings. The molecule has 0 saturated heterocycles. The summed E-state index contributed by atoms with van der Waals surface area (Å²) in [4.78, 5) is 0. The first-order valence-corrected chi connectivity index (χ1v) is 12.3. The first-order valence-electron chi connectivity index (χ1n) is 12.3. The average molecular weight is 566 g/mol. The van der Waals surface area contributed by atoms with Crippen LogP contribution in [0.25, 0.3) is 33.4 Å². The smallest absolute Gasteiger partial charge is 0.138 e. The Hall–Kier alpha value is -7.60. The van der Waals surface area contributed by atoms with Gasteiger partial charge in [-0.3, -0.25) is 0 Å². The Morgan fingerprint density at radius 2 is 0.750 bits per heavy atom. The van der Waals surface area contributed by atoms with Crippen LogP contribution in [0.5, 0.6) is 0 Å². The lowest BCUT2D eigenvalue weighted by atomic mass is 9.82. The molecule has 0 bridgehead atoms. The van der Waals surface area contributed by atoms with Crippen LogP contribution < -0.4 is 0 Å². The second kappa shape index (κ2) is 10.8. The Morgan fingerprint density at radius 3 is 1.02 bits per heavy atom. The van der Waals surface area contributed by atoms with Crippen molar-refractivity contribution in [2.24, 2.45) is 0 Å². The van der Waals surface area contributed by atoms with Crippen molar-refractivity contribution in [3.63, 3.8) is 0 Å². The zero-order valence-electron chi connectivity index (χ0n) is 22.0. The summed E-state index contributed by atoms with van der Waals surface area (Å²) in [6.07, 6.45) is 0. The molecule has 0 aliphatic heterocycles. The van der Waals surface area contributed by atoms with Crippen molar-refractivity contribution in [2.75, 3.05) is 0 Å². The van der Waals surface area contributed by atoms with E-state index in [1.807, 2.05) is 24.3 Å². The molecule has 2 aliphatic rings. The van der Waals surface area contributed by atoms with Gasteiger partial charge in [0.1, 0.15) is 71.3 Å². The van der Waals surface area contributed by atoms with Crippen LogP contribution in [0.4, 0.5) is 8.78 Å². The van der Waals surface area contributed by atoms with Gasteiger partial charge >= 0.3 is 0 Å². The minimum atomic E-state index is -0.614. The second-order valence-electron chi connectivity index (χ2n) is 9.16. The van der Waals surface area contributed by atoms with Crippen LogP contribution in [0.15, 0.2) is 59.7 Å². The molecule has 0 heterocycles. The van der Waals surface area contributed by atoms with Crippen molar-refractivity contribution < 1.29 is 8.78 Å². The average Bonchev–Trinajstić information content (AvgIpc) is 3.56. The Morgan fingerprint density at radius 1 is 0.432 bits per heavy atom. The van der Waals surface area contributed by atoms with Gasteiger partial charge in [0, 0.05) is 44.5 Å². The fourth-order valence-corrected chi connectivity index (χ4v) is 5.53. The van der Waals surface area contributed by atoms with Crippen LogP contribution in [-0.4, -0.2) is 0 Å². The summed E-state index contributed by atoms with van der Waals surface area (Å²) in [5.41, 5.74) is -2.79. The highest BCUT2D eigenvalue weighted by Gasteiger charge is 2.43. The number of rotatable bonds is 2. The van der Waals surface area contributed by atoms with Gasteiger partial charge in [-0.1, -0.05) is 24.3 Å². The van der Waals surface area contributed by atoms with E-state index in [1.165, 1.54) is 24.3 Å². The summed E-state index contributed by atoms with van der Waals surface area (Å²) in [6, 6.07) is 24.5. The number of hydrogen-bond donors (Lipinski definition) is 0. The van der Waals surface area contributed by atoms with Crippen LogP contribution in [0.1, 0.15) is 44.5 Å². The Labute approximate surface area is 248 Å². The van der Waals surface area contributed by atoms with Gasteiger partial charge < -0.3 is 0 Å². The van der Waals surface area contributed by atoms with Gasteiger partial charge in [0.25, 0.3) is 0 Å². The Kier molecular flexibility index (Phi) is 6.83. The molecule has 0 aromatic heterocycles. The molecule has 5 rings (SSSR count). The van der Waals surface area contributed by atoms with Crippen molar-refractivity contribution in [3.05, 3.63) is 116 Å². The van der Waals surface area contributed by atoms with E-state index < -0.39 is 22.8 Å². The number of benzene rings is 3. The molecule has 44 heavy (non-hydrogen) atoms. The van der Waals surface area contributed by atoms with E-state index in [4.69, 9.17) is 0 Å². The Balaban J connectivity index is 2.11. The summed E-state index contributed by atoms with van der Waals surface area (Å²) < 4.78 is 27.7. The van der Waals surface area contributed by atoms with E-state index in [1.54, 1.807) is 24.3 Å². The van der Waals surface area contributed by atoms with Gasteiger partial charge in [-0.2, -0.15) is 42.1 Å². The summed E-state index contributed by atoms with van der Waals surface area (Å²) in [5, 5.41) is 81.8. The van der Waals surface area contributed by atoms with E-state index in [2.05, 4.69) is 0 Å². The maximum absolute atomic E-state index is 13.9. The van der Waals surface area contributed by atoms with E-state index >= 15 is 0 Å². The summed E-state index contributed by atoms with van der Waals surface area (Å²) in [7, 11) is 0. The molecular formula is C34H8F2N8. The van der Waals surface area contributed by atoms with Gasteiger partial charge in [0.2, 0.25) is 0 Å². The zero-order chi connectivity index (χ0) is 31.7. The van der Waals surface area contributed by atoms with Crippen molar-refractivity contribution in [3.8, 4) is 48.6 Å². The van der Waals surface area contributed by atoms with E-state index in [0.29, 0.717) is 0 Å². The van der Waals surface area contributed by atoms with Gasteiger partial charge in [-0.05, 0) is 35.4 Å². The molecule has 0 radical (unpaired) electrons. The third-order valence-electron chi connectivity index (χ3n) is 7.16. The molecule has 0 spiro atoms. The minimum absolute atomic E-state index is 0.0233. The number of fused-ring (bicyclic) bond motifs is 2. The lowest BCUT2D eigenvalue weighted by molar-refractivity contribution is 0.627. The quantitative estimate of drug-likeness (QED) is 0.327. The number of allylic oxidation sites excluding steroid dienone is 8. The van der Waals surface area contributed by atoms with Crippen LogP contribution in [0, 0.1) is 102 Å². The van der Waals surface area contributed by atoms with Crippen molar-refractivity contribution in [2.45, 2.75) is 0 Å². The van der Waals surface area contributed by atoms with E-state index in [9.17, 15) is 50.9 Å². The summed E-state index contributed by atoms with van der Waals surface area (Å²) in [5.74, 6) is -1.23. The zero-order valence-corrected chi connectivity index (χ0v) is 22.0. The van der Waals surface area contributed by atoms with E-state index in [0.717, 1.165) is 24.3 Å². The lowest BCUT2D eigenvalue weighted by Gasteiger charge is -2.16. The summed E-state index contributed by atoms with van der Waals surface area (Å²) >= 11 is 0. The predicted molar refractivity (Wildman–Crippen MR) is 150 cm³/mol. The maximum Gasteiger partial charge on any atom is 0.138 e. The van der Waals surface area contributed by atoms with Crippen LogP contribution in [0.2, 0.25) is 0 Å². The molecule has 0 saturated carbocycles. The van der Waals surface area contributed by atoms with Crippen LogP contribution in [-0.2, 0) is 0 Å². The topological polar surface area (TPSA) is 190 Å². The first-order chi connectivity index (χ1) is 21.3. The molecule has 3 aromatic carbocycles. The molecule has 10 heteroatoms. The number of hydrogen-bond acceptors (Lipinski definition) is 8. The second-order valence-corrected chi connectivity index (χ2v) is 9.16. The predicted octanol–water partition coefficient (Wildman–Crippen LogP) is 6.21. The normalized spacial score (nSPS) is 12.3. The van der Waals surface area contributed by atoms with Crippen molar-refractivity contribution >= 4 is 33.4 Å². The van der Waals surface area contributed by atoms with Gasteiger partial charge in [-0.25, -0.2) is 8.78 Å². The lowest BCUT2D eigenvalue weighted by Crippen LogP contribution is -2.05. The van der Waals surface area contributed by atoms with Gasteiger partial charge in [0.15, 0.2) is 0 Å². The standard InChI is InChI=1S/C34H8F2N8/c35-21-5-1-17(2-6-21)27-23(13-41)31-25(15-43)32-24(14-42)28(18-3-7-22(36)8-4-18)30(20(11-39)12-40)34(32)26(16-44)33(31)29(27)19(9-37)10-38/h1-8H. The molecule has 2 aliphatic carbocycles. The van der Waals surface area contributed by atoms with Crippen LogP contribution >= 0.6 is 0 Å². The highest BCUT2D eigenvalue weighted by molar-refractivity contribution is 6.32. The number of nitriles is 8. The van der Waals surface area contributed by atoms with Gasteiger partial charge in [-0.15, -0.1) is 0 Å². The molecule has 8 nitrogen and oxygen atoms in total. The molecule has 0 amide bonds. The molecule has 0 atom stereocenters. The fourth-order valence-electron chi connectivity index (χ4n) is 5.53. The largest absolute Gasteiger partial charge is 0.207 e. The minimum Gasteiger partial charge on any atom is -0.207 e. The number of halogens is 2. The molecule has 0 N–H and O–H groups in total. The number of nitrogens with zero attached hydrogens (tertiary/aromatic N) is 8. The first kappa shape index (κ1) is 27.9. The van der Waals surface area contributed by atoms with Crippen molar-refractivity contribution in [1.82, 2.24) is 0 Å². The Bertz CT molecular complexity index is 2160. The molecular weight excluding hydrogens is 558 g/mol. The highest BCUT2D eigenvalue weighted by Crippen LogP contribution is 2.57. The fraction of sp³-hybridized carbons (Fsp3) is 0. The maximum atomic E-state index is 13.9. The highest BCUT2D eigenvalue weighted by atomic mass is 19.1. The molecule has 198 valence electrons. The monoisotopic (exact) mass is 566 g/mol. The summed E-state index contributed by atoms with van der Waals surface area (Å²) in [6.45, 7) is 0. The van der Waals surface area contributed by atoms with E-state index in [-0.39, 0.29) is 77.9 Å².